The Balaban J connectivity index is 1.61. The van der Waals surface area contributed by atoms with Gasteiger partial charge in [-0.2, -0.15) is 5.26 Å². The van der Waals surface area contributed by atoms with Crippen molar-refractivity contribution >= 4 is 11.9 Å². The molecule has 0 spiro atoms. The van der Waals surface area contributed by atoms with Crippen LogP contribution in [0.3, 0.4) is 0 Å². The van der Waals surface area contributed by atoms with Crippen LogP contribution >= 0.6 is 0 Å². The number of urea groups is 1. The Morgan fingerprint density at radius 3 is 2.37 bits per heavy atom. The second-order valence-electron chi connectivity index (χ2n) is 7.14. The fourth-order valence-corrected chi connectivity index (χ4v) is 3.23. The standard InChI is InChI=1S/C22H23N3O5/c1-22(16-5-9-18(29-2)10-6-16)20(27)25(21(28)24-22)13-17(26)14-30-19-7-3-15(4-8-19)11-12-23/h3-10,17,26H,11,13-14H2,1-2H3,(H,24,28)/t17-,22-/m1/s1. The van der Waals surface area contributed by atoms with Crippen molar-refractivity contribution in [2.75, 3.05) is 20.3 Å². The maximum atomic E-state index is 12.9. The number of aliphatic hydroxyl groups is 1. The molecule has 1 saturated heterocycles. The van der Waals surface area contributed by atoms with Gasteiger partial charge in [-0.3, -0.25) is 9.69 Å². The molecule has 1 heterocycles. The molecule has 3 rings (SSSR count). The third-order valence-electron chi connectivity index (χ3n) is 4.98. The molecule has 3 amide bonds. The van der Waals surface area contributed by atoms with Crippen molar-refractivity contribution in [2.24, 2.45) is 0 Å². The number of nitrogens with one attached hydrogen (secondary N) is 1. The molecule has 0 aromatic heterocycles. The van der Waals surface area contributed by atoms with Crippen molar-refractivity contribution in [3.05, 3.63) is 59.7 Å². The SMILES string of the molecule is COc1ccc([C@@]2(C)NC(=O)N(C[C@@H](O)COc3ccc(CC#N)cc3)C2=O)cc1. The summed E-state index contributed by atoms with van der Waals surface area (Å²) in [6.07, 6.45) is -0.751. The van der Waals surface area contributed by atoms with Gasteiger partial charge in [0.05, 0.1) is 26.1 Å². The zero-order valence-corrected chi connectivity index (χ0v) is 16.8. The molecule has 0 aliphatic carbocycles. The molecule has 2 aromatic rings. The monoisotopic (exact) mass is 409 g/mol. The fraction of sp³-hybridized carbons (Fsp3) is 0.318. The first-order chi connectivity index (χ1) is 14.4. The minimum atomic E-state index is -1.22. The number of carbonyl (C=O) groups excluding carboxylic acids is 2. The summed E-state index contributed by atoms with van der Waals surface area (Å²) >= 11 is 0. The average Bonchev–Trinajstić information content (AvgIpc) is 2.97. The summed E-state index contributed by atoms with van der Waals surface area (Å²) in [6.45, 7) is 1.34. The average molecular weight is 409 g/mol. The molecule has 2 atom stereocenters. The summed E-state index contributed by atoms with van der Waals surface area (Å²) in [5, 5.41) is 21.7. The number of amides is 3. The summed E-state index contributed by atoms with van der Waals surface area (Å²) < 4.78 is 10.7. The highest BCUT2D eigenvalue weighted by Gasteiger charge is 2.49. The second kappa shape index (κ2) is 8.84. The Bertz CT molecular complexity index is 952. The summed E-state index contributed by atoms with van der Waals surface area (Å²) in [7, 11) is 1.55. The minimum Gasteiger partial charge on any atom is -0.497 e. The van der Waals surface area contributed by atoms with Crippen molar-refractivity contribution in [1.82, 2.24) is 10.2 Å². The summed E-state index contributed by atoms with van der Waals surface area (Å²) in [5.74, 6) is 0.720. The molecule has 0 radical (unpaired) electrons. The maximum Gasteiger partial charge on any atom is 0.325 e. The van der Waals surface area contributed by atoms with E-state index in [0.29, 0.717) is 23.5 Å². The first kappa shape index (κ1) is 21.1. The van der Waals surface area contributed by atoms with E-state index in [-0.39, 0.29) is 13.2 Å². The lowest BCUT2D eigenvalue weighted by Gasteiger charge is -2.23. The lowest BCUT2D eigenvalue weighted by Crippen LogP contribution is -2.42. The highest BCUT2D eigenvalue weighted by molar-refractivity contribution is 6.07. The van der Waals surface area contributed by atoms with Crippen LogP contribution in [0.2, 0.25) is 0 Å². The van der Waals surface area contributed by atoms with Crippen LogP contribution in [0, 0.1) is 11.3 Å². The van der Waals surface area contributed by atoms with E-state index in [9.17, 15) is 14.7 Å². The van der Waals surface area contributed by atoms with Crippen molar-refractivity contribution < 1.29 is 24.2 Å². The normalized spacial score (nSPS) is 19.2. The zero-order chi connectivity index (χ0) is 21.7. The van der Waals surface area contributed by atoms with Crippen LogP contribution in [0.25, 0.3) is 0 Å². The number of imide groups is 1. The largest absolute Gasteiger partial charge is 0.497 e. The molecule has 2 N–H and O–H groups in total. The van der Waals surface area contributed by atoms with E-state index in [1.54, 1.807) is 62.6 Å². The number of benzene rings is 2. The van der Waals surface area contributed by atoms with E-state index >= 15 is 0 Å². The molecular formula is C22H23N3O5. The number of hydrogen-bond donors (Lipinski definition) is 2. The molecule has 30 heavy (non-hydrogen) atoms. The van der Waals surface area contributed by atoms with Gasteiger partial charge in [0, 0.05) is 0 Å². The van der Waals surface area contributed by atoms with Crippen LogP contribution in [0.1, 0.15) is 18.1 Å². The van der Waals surface area contributed by atoms with E-state index in [2.05, 4.69) is 11.4 Å². The van der Waals surface area contributed by atoms with Gasteiger partial charge in [-0.25, -0.2) is 4.79 Å². The summed E-state index contributed by atoms with van der Waals surface area (Å²) in [5.41, 5.74) is 0.260. The van der Waals surface area contributed by atoms with Gasteiger partial charge in [0.2, 0.25) is 0 Å². The summed E-state index contributed by atoms with van der Waals surface area (Å²) in [6, 6.07) is 15.3. The van der Waals surface area contributed by atoms with E-state index in [1.807, 2.05) is 0 Å². The van der Waals surface area contributed by atoms with Gasteiger partial charge in [-0.15, -0.1) is 0 Å². The molecule has 1 aliphatic rings. The third kappa shape index (κ3) is 4.36. The van der Waals surface area contributed by atoms with Gasteiger partial charge in [-0.1, -0.05) is 24.3 Å². The Hall–Kier alpha value is -3.57. The molecule has 1 aliphatic heterocycles. The van der Waals surface area contributed by atoms with Gasteiger partial charge >= 0.3 is 6.03 Å². The number of methoxy groups -OCH3 is 1. The van der Waals surface area contributed by atoms with Crippen molar-refractivity contribution in [3.8, 4) is 17.6 Å². The van der Waals surface area contributed by atoms with Crippen LogP contribution in [0.15, 0.2) is 48.5 Å². The van der Waals surface area contributed by atoms with E-state index < -0.39 is 23.6 Å². The van der Waals surface area contributed by atoms with Crippen LogP contribution < -0.4 is 14.8 Å². The zero-order valence-electron chi connectivity index (χ0n) is 16.8. The topological polar surface area (TPSA) is 112 Å². The molecule has 8 heteroatoms. The number of nitrogens with zero attached hydrogens (tertiary/aromatic N) is 2. The number of aliphatic hydroxyl groups excluding tert-OH is 1. The Kier molecular flexibility index (Phi) is 6.23. The quantitative estimate of drug-likeness (QED) is 0.645. The second-order valence-corrected chi connectivity index (χ2v) is 7.14. The number of ether oxygens (including phenoxy) is 2. The number of carbonyl (C=O) groups is 2. The molecule has 2 aromatic carbocycles. The third-order valence-corrected chi connectivity index (χ3v) is 4.98. The molecule has 8 nitrogen and oxygen atoms in total. The Morgan fingerprint density at radius 1 is 1.13 bits per heavy atom. The van der Waals surface area contributed by atoms with Gasteiger partial charge in [0.15, 0.2) is 0 Å². The Labute approximate surface area is 174 Å². The molecule has 156 valence electrons. The number of β-amino-alcohol motifs (C(OH)–C–C–N with tert-alkyl or cyclic N) is 1. The van der Waals surface area contributed by atoms with Gasteiger partial charge in [-0.05, 0) is 42.3 Å². The fourth-order valence-electron chi connectivity index (χ4n) is 3.23. The molecule has 0 bridgehead atoms. The highest BCUT2D eigenvalue weighted by atomic mass is 16.5. The minimum absolute atomic E-state index is 0.0894. The smallest absolute Gasteiger partial charge is 0.325 e. The number of rotatable bonds is 8. The van der Waals surface area contributed by atoms with E-state index in [0.717, 1.165) is 10.5 Å². The lowest BCUT2D eigenvalue weighted by atomic mass is 9.92. The van der Waals surface area contributed by atoms with Crippen molar-refractivity contribution in [3.63, 3.8) is 0 Å². The lowest BCUT2D eigenvalue weighted by molar-refractivity contribution is -0.132. The maximum absolute atomic E-state index is 12.9. The first-order valence-corrected chi connectivity index (χ1v) is 9.43. The van der Waals surface area contributed by atoms with Gasteiger partial charge in [0.1, 0.15) is 29.7 Å². The van der Waals surface area contributed by atoms with Crippen LogP contribution in [0.4, 0.5) is 4.79 Å². The van der Waals surface area contributed by atoms with Crippen LogP contribution in [0.5, 0.6) is 11.5 Å². The van der Waals surface area contributed by atoms with Crippen molar-refractivity contribution in [1.29, 1.82) is 5.26 Å². The number of nitriles is 1. The summed E-state index contributed by atoms with van der Waals surface area (Å²) in [4.78, 5) is 26.3. The first-order valence-electron chi connectivity index (χ1n) is 9.43. The van der Waals surface area contributed by atoms with Gasteiger partial charge in [0.25, 0.3) is 5.91 Å². The molecule has 0 saturated carbocycles. The highest BCUT2D eigenvalue weighted by Crippen LogP contribution is 2.30. The number of hydrogen-bond acceptors (Lipinski definition) is 6. The molecule has 0 unspecified atom stereocenters. The van der Waals surface area contributed by atoms with Gasteiger partial charge < -0.3 is 19.9 Å². The van der Waals surface area contributed by atoms with Crippen LogP contribution in [-0.2, 0) is 16.8 Å². The molecule has 1 fully saturated rings. The van der Waals surface area contributed by atoms with Crippen molar-refractivity contribution in [2.45, 2.75) is 25.0 Å². The predicted octanol–water partition coefficient (Wildman–Crippen LogP) is 1.97. The van der Waals surface area contributed by atoms with Crippen LogP contribution in [-0.4, -0.2) is 48.3 Å². The van der Waals surface area contributed by atoms with E-state index in [1.165, 1.54) is 0 Å². The Morgan fingerprint density at radius 2 is 1.77 bits per heavy atom. The molecular weight excluding hydrogens is 386 g/mol. The van der Waals surface area contributed by atoms with E-state index in [4.69, 9.17) is 14.7 Å². The predicted molar refractivity (Wildman–Crippen MR) is 108 cm³/mol.